The Kier molecular flexibility index (Phi) is 6.38. The van der Waals surface area contributed by atoms with E-state index in [0.29, 0.717) is 12.3 Å². The van der Waals surface area contributed by atoms with Crippen molar-refractivity contribution < 1.29 is 4.79 Å². The number of carbonyl (C=O) groups excluding carboxylic acids is 1. The maximum absolute atomic E-state index is 12.0. The highest BCUT2D eigenvalue weighted by molar-refractivity contribution is 6.00. The van der Waals surface area contributed by atoms with Crippen LogP contribution < -0.4 is 5.43 Å². The minimum absolute atomic E-state index is 0.0459. The van der Waals surface area contributed by atoms with E-state index in [-0.39, 0.29) is 5.91 Å². The number of rotatable bonds is 6. The van der Waals surface area contributed by atoms with E-state index >= 15 is 0 Å². The summed E-state index contributed by atoms with van der Waals surface area (Å²) in [4.78, 5) is 16.0. The molecule has 4 nitrogen and oxygen atoms in total. The molecule has 1 heterocycles. The van der Waals surface area contributed by atoms with Crippen LogP contribution in [0.3, 0.4) is 0 Å². The molecule has 0 saturated heterocycles. The summed E-state index contributed by atoms with van der Waals surface area (Å²) in [5.41, 5.74) is 4.70. The fourth-order valence-electron chi connectivity index (χ4n) is 2.87. The largest absolute Gasteiger partial charge is 0.273 e. The zero-order chi connectivity index (χ0) is 14.9. The van der Waals surface area contributed by atoms with Crippen LogP contribution in [-0.2, 0) is 4.79 Å². The van der Waals surface area contributed by atoms with Gasteiger partial charge in [0.05, 0.1) is 5.71 Å². The van der Waals surface area contributed by atoms with Crippen molar-refractivity contribution in [2.45, 2.75) is 58.3 Å². The zero-order valence-corrected chi connectivity index (χ0v) is 12.8. The monoisotopic (exact) mass is 287 g/mol. The Morgan fingerprint density at radius 3 is 2.67 bits per heavy atom. The van der Waals surface area contributed by atoms with Crippen molar-refractivity contribution in [2.75, 3.05) is 0 Å². The summed E-state index contributed by atoms with van der Waals surface area (Å²) in [6, 6.07) is 3.86. The molecule has 0 aromatic carbocycles. The molecule has 1 saturated carbocycles. The Bertz CT molecular complexity index is 464. The molecule has 1 aliphatic rings. The van der Waals surface area contributed by atoms with Gasteiger partial charge in [0.15, 0.2) is 0 Å². The average Bonchev–Trinajstić information content (AvgIpc) is 2.53. The lowest BCUT2D eigenvalue weighted by Crippen LogP contribution is -2.23. The highest BCUT2D eigenvalue weighted by atomic mass is 16.2. The summed E-state index contributed by atoms with van der Waals surface area (Å²) in [6.07, 6.45) is 12.2. The molecule has 1 amide bonds. The molecule has 0 aliphatic heterocycles. The van der Waals surface area contributed by atoms with Gasteiger partial charge in [-0.2, -0.15) is 5.10 Å². The van der Waals surface area contributed by atoms with Crippen molar-refractivity contribution in [1.29, 1.82) is 0 Å². The standard InChI is InChI=1S/C17H25N3O/c1-2-6-16(15-9-11-18-12-10-15)19-20-17(21)13-14-7-4-3-5-8-14/h9-12,14H,2-8,13H2,1H3,(H,20,21). The quantitative estimate of drug-likeness (QED) is 0.641. The summed E-state index contributed by atoms with van der Waals surface area (Å²) >= 11 is 0. The number of pyridine rings is 1. The molecule has 1 aromatic heterocycles. The summed E-state index contributed by atoms with van der Waals surface area (Å²) in [5.74, 6) is 0.592. The number of hydrogen-bond acceptors (Lipinski definition) is 3. The lowest BCUT2D eigenvalue weighted by molar-refractivity contribution is -0.122. The third-order valence-corrected chi connectivity index (χ3v) is 4.01. The Morgan fingerprint density at radius 1 is 1.29 bits per heavy atom. The molecule has 0 bridgehead atoms. The first-order valence-corrected chi connectivity index (χ1v) is 8.05. The van der Waals surface area contributed by atoms with E-state index in [1.807, 2.05) is 12.1 Å². The van der Waals surface area contributed by atoms with Crippen LogP contribution >= 0.6 is 0 Å². The Labute approximate surface area is 127 Å². The van der Waals surface area contributed by atoms with Gasteiger partial charge in [0, 0.05) is 24.4 Å². The summed E-state index contributed by atoms with van der Waals surface area (Å²) in [7, 11) is 0. The molecule has 1 aliphatic carbocycles. The van der Waals surface area contributed by atoms with Crippen molar-refractivity contribution >= 4 is 11.6 Å². The van der Waals surface area contributed by atoms with Gasteiger partial charge in [-0.15, -0.1) is 0 Å². The van der Waals surface area contributed by atoms with Crippen molar-refractivity contribution in [3.05, 3.63) is 30.1 Å². The van der Waals surface area contributed by atoms with Gasteiger partial charge in [0.1, 0.15) is 0 Å². The van der Waals surface area contributed by atoms with Crippen LogP contribution in [0.15, 0.2) is 29.6 Å². The molecule has 0 unspecified atom stereocenters. The molecule has 114 valence electrons. The van der Waals surface area contributed by atoms with Gasteiger partial charge in [-0.3, -0.25) is 9.78 Å². The first-order chi connectivity index (χ1) is 10.3. The Morgan fingerprint density at radius 2 is 2.00 bits per heavy atom. The number of aromatic nitrogens is 1. The highest BCUT2D eigenvalue weighted by Crippen LogP contribution is 2.26. The molecule has 21 heavy (non-hydrogen) atoms. The zero-order valence-electron chi connectivity index (χ0n) is 12.8. The number of hydrazone groups is 1. The average molecular weight is 287 g/mol. The van der Waals surface area contributed by atoms with Crippen LogP contribution in [0.5, 0.6) is 0 Å². The highest BCUT2D eigenvalue weighted by Gasteiger charge is 2.16. The number of hydrogen-bond donors (Lipinski definition) is 1. The molecule has 0 radical (unpaired) electrons. The van der Waals surface area contributed by atoms with Crippen molar-refractivity contribution in [2.24, 2.45) is 11.0 Å². The van der Waals surface area contributed by atoms with Crippen LogP contribution in [0.4, 0.5) is 0 Å². The van der Waals surface area contributed by atoms with Gasteiger partial charge < -0.3 is 0 Å². The lowest BCUT2D eigenvalue weighted by Gasteiger charge is -2.20. The van der Waals surface area contributed by atoms with Crippen molar-refractivity contribution in [1.82, 2.24) is 10.4 Å². The maximum Gasteiger partial charge on any atom is 0.240 e. The third-order valence-electron chi connectivity index (χ3n) is 4.01. The second-order valence-electron chi connectivity index (χ2n) is 5.79. The van der Waals surface area contributed by atoms with E-state index < -0.39 is 0 Å². The van der Waals surface area contributed by atoms with Gasteiger partial charge in [-0.1, -0.05) is 32.6 Å². The second-order valence-corrected chi connectivity index (χ2v) is 5.79. The first kappa shape index (κ1) is 15.7. The third kappa shape index (κ3) is 5.29. The van der Waals surface area contributed by atoms with Gasteiger partial charge >= 0.3 is 0 Å². The molecular formula is C17H25N3O. The Balaban J connectivity index is 1.91. The topological polar surface area (TPSA) is 54.4 Å². The molecule has 1 fully saturated rings. The second kappa shape index (κ2) is 8.55. The van der Waals surface area contributed by atoms with Gasteiger partial charge in [-0.05, 0) is 37.3 Å². The van der Waals surface area contributed by atoms with E-state index in [9.17, 15) is 4.79 Å². The molecule has 0 atom stereocenters. The van der Waals surface area contributed by atoms with Gasteiger partial charge in [-0.25, -0.2) is 5.43 Å². The fourth-order valence-corrected chi connectivity index (χ4v) is 2.87. The van der Waals surface area contributed by atoms with Crippen LogP contribution in [0.2, 0.25) is 0 Å². The van der Waals surface area contributed by atoms with Crippen molar-refractivity contribution in [3.8, 4) is 0 Å². The van der Waals surface area contributed by atoms with Crippen molar-refractivity contribution in [3.63, 3.8) is 0 Å². The molecular weight excluding hydrogens is 262 g/mol. The predicted molar refractivity (Wildman–Crippen MR) is 85.0 cm³/mol. The lowest BCUT2D eigenvalue weighted by atomic mass is 9.87. The predicted octanol–water partition coefficient (Wildman–Crippen LogP) is 3.67. The number of nitrogens with zero attached hydrogens (tertiary/aromatic N) is 2. The normalized spacial score (nSPS) is 16.7. The minimum atomic E-state index is 0.0459. The first-order valence-electron chi connectivity index (χ1n) is 8.05. The molecule has 1 N–H and O–H groups in total. The van der Waals surface area contributed by atoms with E-state index in [2.05, 4.69) is 22.4 Å². The number of carbonyl (C=O) groups is 1. The SMILES string of the molecule is CCCC(=NNC(=O)CC1CCCCC1)c1ccncc1. The van der Waals surface area contributed by atoms with Crippen LogP contribution in [-0.4, -0.2) is 16.6 Å². The summed E-state index contributed by atoms with van der Waals surface area (Å²) < 4.78 is 0. The smallest absolute Gasteiger partial charge is 0.240 e. The molecule has 2 rings (SSSR count). The summed E-state index contributed by atoms with van der Waals surface area (Å²) in [5, 5.41) is 4.34. The van der Waals surface area contributed by atoms with E-state index in [1.54, 1.807) is 12.4 Å². The molecule has 0 spiro atoms. The summed E-state index contributed by atoms with van der Waals surface area (Å²) in [6.45, 7) is 2.11. The van der Waals surface area contributed by atoms with Gasteiger partial charge in [0.25, 0.3) is 0 Å². The number of nitrogens with one attached hydrogen (secondary N) is 1. The van der Waals surface area contributed by atoms with E-state index in [1.165, 1.54) is 32.1 Å². The Hall–Kier alpha value is -1.71. The number of amides is 1. The van der Waals surface area contributed by atoms with Crippen LogP contribution in [0.1, 0.15) is 63.9 Å². The van der Waals surface area contributed by atoms with Crippen LogP contribution in [0.25, 0.3) is 0 Å². The van der Waals surface area contributed by atoms with Crippen LogP contribution in [0, 0.1) is 5.92 Å². The van der Waals surface area contributed by atoms with Gasteiger partial charge in [0.2, 0.25) is 5.91 Å². The van der Waals surface area contributed by atoms with E-state index in [4.69, 9.17) is 0 Å². The minimum Gasteiger partial charge on any atom is -0.273 e. The van der Waals surface area contributed by atoms with E-state index in [0.717, 1.165) is 24.1 Å². The molecule has 4 heteroatoms. The fraction of sp³-hybridized carbons (Fsp3) is 0.588. The molecule has 1 aromatic rings. The maximum atomic E-state index is 12.0.